The number of anilines is 1. The van der Waals surface area contributed by atoms with Gasteiger partial charge in [0.1, 0.15) is 5.58 Å². The van der Waals surface area contributed by atoms with E-state index in [9.17, 15) is 4.79 Å². The molecular weight excluding hydrogens is 446 g/mol. The van der Waals surface area contributed by atoms with Gasteiger partial charge in [-0.2, -0.15) is 0 Å². The molecule has 2 aromatic carbocycles. The van der Waals surface area contributed by atoms with Crippen molar-refractivity contribution in [2.24, 2.45) is 0 Å². The normalized spacial score (nSPS) is 10.6. The van der Waals surface area contributed by atoms with E-state index in [4.69, 9.17) is 4.42 Å². The molecule has 0 aliphatic rings. The van der Waals surface area contributed by atoms with Gasteiger partial charge < -0.3 is 9.32 Å². The fourth-order valence-corrected chi connectivity index (χ4v) is 4.10. The van der Waals surface area contributed by atoms with Crippen molar-refractivity contribution in [3.63, 3.8) is 0 Å². The van der Waals surface area contributed by atoms with Crippen molar-refractivity contribution in [2.75, 3.05) is 18.0 Å². The van der Waals surface area contributed by atoms with Gasteiger partial charge in [-0.25, -0.2) is 4.79 Å². The van der Waals surface area contributed by atoms with Crippen LogP contribution in [0.5, 0.6) is 0 Å². The molecule has 0 N–H and O–H groups in total. The van der Waals surface area contributed by atoms with Crippen molar-refractivity contribution >= 4 is 16.7 Å². The van der Waals surface area contributed by atoms with Crippen LogP contribution in [0.15, 0.2) is 100 Å². The minimum atomic E-state index is -0.350. The molecule has 0 spiro atoms. The molecule has 3 aromatic heterocycles. The standard InChI is InChI=1S/C31H25N3O2/c1-3-34(4-2)26-16-15-25-19-27(31(35)36-30(25)20-26)24-13-10-22(11-14-24)8-9-23-12-17-29(33-21-23)28-7-5-6-18-32-28/h5-7,10-21H,3-4H2,1-2H3. The van der Waals surface area contributed by atoms with Crippen LogP contribution in [0.1, 0.15) is 25.0 Å². The van der Waals surface area contributed by atoms with E-state index < -0.39 is 0 Å². The molecule has 5 heteroatoms. The average Bonchev–Trinajstić information content (AvgIpc) is 2.93. The lowest BCUT2D eigenvalue weighted by atomic mass is 10.0. The maximum absolute atomic E-state index is 12.8. The van der Waals surface area contributed by atoms with Crippen LogP contribution in [0, 0.1) is 11.8 Å². The molecule has 0 saturated heterocycles. The minimum absolute atomic E-state index is 0.350. The molecule has 0 saturated carbocycles. The first kappa shape index (κ1) is 23.1. The molecule has 0 unspecified atom stereocenters. The Hall–Kier alpha value is -4.69. The zero-order valence-electron chi connectivity index (χ0n) is 20.2. The Bertz CT molecular complexity index is 1610. The Morgan fingerprint density at radius 3 is 2.25 bits per heavy atom. The number of hydrogen-bond acceptors (Lipinski definition) is 5. The number of benzene rings is 2. The Labute approximate surface area is 210 Å². The summed E-state index contributed by atoms with van der Waals surface area (Å²) in [5.74, 6) is 6.30. The Balaban J connectivity index is 1.36. The summed E-state index contributed by atoms with van der Waals surface area (Å²) < 4.78 is 5.68. The molecule has 5 aromatic rings. The second kappa shape index (κ2) is 10.3. The van der Waals surface area contributed by atoms with Gasteiger partial charge in [0.2, 0.25) is 0 Å². The fourth-order valence-electron chi connectivity index (χ4n) is 4.10. The van der Waals surface area contributed by atoms with Gasteiger partial charge >= 0.3 is 5.63 Å². The number of fused-ring (bicyclic) bond motifs is 1. The molecule has 0 bridgehead atoms. The van der Waals surface area contributed by atoms with Crippen LogP contribution in [0.2, 0.25) is 0 Å². The first-order valence-electron chi connectivity index (χ1n) is 12.0. The minimum Gasteiger partial charge on any atom is -0.422 e. The fraction of sp³-hybridized carbons (Fsp3) is 0.129. The maximum atomic E-state index is 12.8. The van der Waals surface area contributed by atoms with Crippen LogP contribution >= 0.6 is 0 Å². The van der Waals surface area contributed by atoms with E-state index in [0.717, 1.165) is 52.2 Å². The summed E-state index contributed by atoms with van der Waals surface area (Å²) in [6.45, 7) is 6.01. The van der Waals surface area contributed by atoms with E-state index in [1.54, 1.807) is 12.4 Å². The van der Waals surface area contributed by atoms with Gasteiger partial charge in [-0.15, -0.1) is 0 Å². The van der Waals surface area contributed by atoms with E-state index in [-0.39, 0.29) is 5.63 Å². The highest BCUT2D eigenvalue weighted by Gasteiger charge is 2.10. The lowest BCUT2D eigenvalue weighted by Crippen LogP contribution is -2.21. The monoisotopic (exact) mass is 471 g/mol. The number of hydrogen-bond donors (Lipinski definition) is 0. The van der Waals surface area contributed by atoms with Crippen molar-refractivity contribution in [1.82, 2.24) is 9.97 Å². The second-order valence-corrected chi connectivity index (χ2v) is 8.32. The maximum Gasteiger partial charge on any atom is 0.344 e. The summed E-state index contributed by atoms with van der Waals surface area (Å²) in [6.07, 6.45) is 3.50. The highest BCUT2D eigenvalue weighted by Crippen LogP contribution is 2.25. The van der Waals surface area contributed by atoms with Crippen LogP contribution in [-0.2, 0) is 0 Å². The zero-order chi connectivity index (χ0) is 24.9. The molecular formula is C31H25N3O2. The largest absolute Gasteiger partial charge is 0.422 e. The zero-order valence-corrected chi connectivity index (χ0v) is 20.2. The highest BCUT2D eigenvalue weighted by atomic mass is 16.4. The van der Waals surface area contributed by atoms with E-state index in [2.05, 4.69) is 46.6 Å². The molecule has 36 heavy (non-hydrogen) atoms. The van der Waals surface area contributed by atoms with Gasteiger partial charge in [-0.05, 0) is 74.0 Å². The highest BCUT2D eigenvalue weighted by molar-refractivity contribution is 5.84. The summed E-state index contributed by atoms with van der Waals surface area (Å²) in [4.78, 5) is 23.8. The third kappa shape index (κ3) is 4.89. The third-order valence-corrected chi connectivity index (χ3v) is 6.09. The van der Waals surface area contributed by atoms with Crippen molar-refractivity contribution in [2.45, 2.75) is 13.8 Å². The summed E-state index contributed by atoms with van der Waals surface area (Å²) >= 11 is 0. The molecule has 0 aliphatic carbocycles. The lowest BCUT2D eigenvalue weighted by molar-refractivity contribution is 0.563. The first-order valence-corrected chi connectivity index (χ1v) is 12.0. The summed E-state index contributed by atoms with van der Waals surface area (Å²) in [7, 11) is 0. The first-order chi connectivity index (χ1) is 17.6. The Morgan fingerprint density at radius 2 is 1.56 bits per heavy atom. The van der Waals surface area contributed by atoms with E-state index >= 15 is 0 Å². The van der Waals surface area contributed by atoms with Gasteiger partial charge in [-0.3, -0.25) is 9.97 Å². The molecule has 5 nitrogen and oxygen atoms in total. The van der Waals surface area contributed by atoms with Gasteiger partial charge in [0.15, 0.2) is 0 Å². The predicted octanol–water partition coefficient (Wildman–Crippen LogP) is 6.16. The quantitative estimate of drug-likeness (QED) is 0.227. The number of pyridine rings is 2. The molecule has 5 rings (SSSR count). The van der Waals surface area contributed by atoms with Crippen molar-refractivity contribution < 1.29 is 4.42 Å². The van der Waals surface area contributed by atoms with Gasteiger partial charge in [-0.1, -0.05) is 30.0 Å². The molecule has 0 aliphatic heterocycles. The number of rotatable bonds is 5. The summed E-state index contributed by atoms with van der Waals surface area (Å²) in [6, 6.07) is 25.1. The van der Waals surface area contributed by atoms with E-state index in [0.29, 0.717) is 11.1 Å². The van der Waals surface area contributed by atoms with Gasteiger partial charge in [0.25, 0.3) is 0 Å². The Morgan fingerprint density at radius 1 is 0.806 bits per heavy atom. The topological polar surface area (TPSA) is 59.2 Å². The van der Waals surface area contributed by atoms with Crippen LogP contribution in [0.3, 0.4) is 0 Å². The average molecular weight is 472 g/mol. The molecule has 0 atom stereocenters. The molecule has 176 valence electrons. The van der Waals surface area contributed by atoms with E-state index in [1.807, 2.05) is 72.8 Å². The van der Waals surface area contributed by atoms with E-state index in [1.165, 1.54) is 0 Å². The predicted molar refractivity (Wildman–Crippen MR) is 145 cm³/mol. The second-order valence-electron chi connectivity index (χ2n) is 8.32. The molecule has 0 fully saturated rings. The van der Waals surface area contributed by atoms with Gasteiger partial charge in [0.05, 0.1) is 17.0 Å². The lowest BCUT2D eigenvalue weighted by Gasteiger charge is -2.21. The third-order valence-electron chi connectivity index (χ3n) is 6.09. The summed E-state index contributed by atoms with van der Waals surface area (Å²) in [5, 5.41) is 0.894. The summed E-state index contributed by atoms with van der Waals surface area (Å²) in [5.41, 5.74) is 5.93. The van der Waals surface area contributed by atoms with Crippen LogP contribution < -0.4 is 10.5 Å². The smallest absolute Gasteiger partial charge is 0.344 e. The molecule has 0 amide bonds. The van der Waals surface area contributed by atoms with Crippen molar-refractivity contribution in [3.05, 3.63) is 113 Å². The molecule has 3 heterocycles. The SMILES string of the molecule is CCN(CC)c1ccc2cc(-c3ccc(C#Cc4ccc(-c5ccccn5)nc4)cc3)c(=O)oc2c1. The van der Waals surface area contributed by atoms with Crippen LogP contribution in [0.25, 0.3) is 33.5 Å². The number of aromatic nitrogens is 2. The molecule has 0 radical (unpaired) electrons. The van der Waals surface area contributed by atoms with Gasteiger partial charge in [0, 0.05) is 53.8 Å². The Kier molecular flexibility index (Phi) is 6.59. The van der Waals surface area contributed by atoms with Crippen LogP contribution in [-0.4, -0.2) is 23.1 Å². The number of nitrogens with zero attached hydrogens (tertiary/aromatic N) is 3. The van der Waals surface area contributed by atoms with Crippen molar-refractivity contribution in [3.8, 4) is 34.4 Å². The van der Waals surface area contributed by atoms with Crippen LogP contribution in [0.4, 0.5) is 5.69 Å². The van der Waals surface area contributed by atoms with Crippen molar-refractivity contribution in [1.29, 1.82) is 0 Å².